The maximum Gasteiger partial charge on any atom is 0.185 e. The Balaban J connectivity index is 1.56. The standard InChI is InChI=1S/C13H21N3S/c1-11-10-14-13(17-11)16-8-4-12(5-9-16)15-6-2-3-7-15/h10,12H,2-9H2,1H3. The second-order valence-electron chi connectivity index (χ2n) is 5.21. The Bertz CT molecular complexity index is 362. The minimum atomic E-state index is 0.842. The SMILES string of the molecule is Cc1cnc(N2CCC(N3CCCC3)CC2)s1. The van der Waals surface area contributed by atoms with Gasteiger partial charge in [-0.1, -0.05) is 0 Å². The van der Waals surface area contributed by atoms with E-state index in [1.807, 2.05) is 17.5 Å². The summed E-state index contributed by atoms with van der Waals surface area (Å²) in [4.78, 5) is 11.0. The van der Waals surface area contributed by atoms with Crippen molar-refractivity contribution in [2.24, 2.45) is 0 Å². The molecule has 3 heterocycles. The number of aryl methyl sites for hydroxylation is 1. The van der Waals surface area contributed by atoms with E-state index in [0.717, 1.165) is 6.04 Å². The third-order valence-electron chi connectivity index (χ3n) is 4.00. The summed E-state index contributed by atoms with van der Waals surface area (Å²) in [5.74, 6) is 0. The van der Waals surface area contributed by atoms with Crippen molar-refractivity contribution in [1.82, 2.24) is 9.88 Å². The molecule has 0 aromatic carbocycles. The molecule has 0 amide bonds. The van der Waals surface area contributed by atoms with E-state index >= 15 is 0 Å². The van der Waals surface area contributed by atoms with Crippen LogP contribution in [0.15, 0.2) is 6.20 Å². The van der Waals surface area contributed by atoms with Gasteiger partial charge in [0.15, 0.2) is 5.13 Å². The Morgan fingerprint density at radius 3 is 2.47 bits per heavy atom. The van der Waals surface area contributed by atoms with Crippen molar-refractivity contribution in [2.75, 3.05) is 31.1 Å². The van der Waals surface area contributed by atoms with Crippen molar-refractivity contribution in [3.8, 4) is 0 Å². The number of aromatic nitrogens is 1. The van der Waals surface area contributed by atoms with E-state index < -0.39 is 0 Å². The Hall–Kier alpha value is -0.610. The van der Waals surface area contributed by atoms with Gasteiger partial charge in [-0.2, -0.15) is 0 Å². The quantitative estimate of drug-likeness (QED) is 0.805. The highest BCUT2D eigenvalue weighted by Crippen LogP contribution is 2.27. The van der Waals surface area contributed by atoms with Crippen LogP contribution >= 0.6 is 11.3 Å². The van der Waals surface area contributed by atoms with Gasteiger partial charge in [-0.3, -0.25) is 0 Å². The number of piperidine rings is 1. The normalized spacial score (nSPS) is 23.5. The molecule has 0 unspecified atom stereocenters. The lowest BCUT2D eigenvalue weighted by Crippen LogP contribution is -2.43. The molecule has 17 heavy (non-hydrogen) atoms. The highest BCUT2D eigenvalue weighted by Gasteiger charge is 2.27. The lowest BCUT2D eigenvalue weighted by atomic mass is 10.0. The molecule has 4 heteroatoms. The number of likely N-dealkylation sites (tertiary alicyclic amines) is 1. The van der Waals surface area contributed by atoms with Crippen molar-refractivity contribution in [3.63, 3.8) is 0 Å². The molecule has 0 bridgehead atoms. The number of nitrogens with zero attached hydrogens (tertiary/aromatic N) is 3. The summed E-state index contributed by atoms with van der Waals surface area (Å²) in [6, 6.07) is 0.842. The fourth-order valence-corrected chi connectivity index (χ4v) is 3.83. The van der Waals surface area contributed by atoms with Crippen molar-refractivity contribution in [1.29, 1.82) is 0 Å². The first-order chi connectivity index (χ1) is 8.33. The average molecular weight is 251 g/mol. The van der Waals surface area contributed by atoms with E-state index in [9.17, 15) is 0 Å². The monoisotopic (exact) mass is 251 g/mol. The molecule has 3 rings (SSSR count). The highest BCUT2D eigenvalue weighted by molar-refractivity contribution is 7.15. The van der Waals surface area contributed by atoms with Crippen molar-refractivity contribution < 1.29 is 0 Å². The number of hydrogen-bond acceptors (Lipinski definition) is 4. The van der Waals surface area contributed by atoms with Crippen LogP contribution in [0.25, 0.3) is 0 Å². The predicted molar refractivity (Wildman–Crippen MR) is 72.9 cm³/mol. The first-order valence-corrected chi connectivity index (χ1v) is 7.56. The summed E-state index contributed by atoms with van der Waals surface area (Å²) in [5.41, 5.74) is 0. The van der Waals surface area contributed by atoms with Gasteiger partial charge in [0, 0.05) is 30.2 Å². The number of rotatable bonds is 2. The van der Waals surface area contributed by atoms with Crippen molar-refractivity contribution in [2.45, 2.75) is 38.6 Å². The topological polar surface area (TPSA) is 19.4 Å². The summed E-state index contributed by atoms with van der Waals surface area (Å²) in [7, 11) is 0. The third kappa shape index (κ3) is 2.47. The van der Waals surface area contributed by atoms with Gasteiger partial charge in [-0.25, -0.2) is 4.98 Å². The average Bonchev–Trinajstić information content (AvgIpc) is 3.00. The Morgan fingerprint density at radius 1 is 1.18 bits per heavy atom. The molecule has 0 aliphatic carbocycles. The van der Waals surface area contributed by atoms with Crippen LogP contribution in [-0.4, -0.2) is 42.1 Å². The van der Waals surface area contributed by atoms with Gasteiger partial charge in [0.25, 0.3) is 0 Å². The smallest absolute Gasteiger partial charge is 0.185 e. The first-order valence-electron chi connectivity index (χ1n) is 6.74. The molecule has 2 aliphatic heterocycles. The van der Waals surface area contributed by atoms with Crippen molar-refractivity contribution in [3.05, 3.63) is 11.1 Å². The van der Waals surface area contributed by atoms with Gasteiger partial charge in [-0.05, 0) is 45.7 Å². The van der Waals surface area contributed by atoms with Crippen LogP contribution < -0.4 is 4.90 Å². The van der Waals surface area contributed by atoms with E-state index in [4.69, 9.17) is 0 Å². The fourth-order valence-electron chi connectivity index (χ4n) is 3.02. The molecule has 0 atom stereocenters. The van der Waals surface area contributed by atoms with Gasteiger partial charge in [-0.15, -0.1) is 11.3 Å². The zero-order valence-electron chi connectivity index (χ0n) is 10.6. The number of anilines is 1. The molecule has 2 aliphatic rings. The van der Waals surface area contributed by atoms with Crippen LogP contribution in [0, 0.1) is 6.92 Å². The zero-order chi connectivity index (χ0) is 11.7. The molecule has 1 aromatic rings. The maximum atomic E-state index is 4.49. The summed E-state index contributed by atoms with van der Waals surface area (Å²) >= 11 is 1.83. The molecule has 0 saturated carbocycles. The predicted octanol–water partition coefficient (Wildman–Crippen LogP) is 2.52. The molecule has 94 valence electrons. The van der Waals surface area contributed by atoms with Crippen LogP contribution in [-0.2, 0) is 0 Å². The Morgan fingerprint density at radius 2 is 1.88 bits per heavy atom. The van der Waals surface area contributed by atoms with E-state index in [2.05, 4.69) is 21.7 Å². The molecule has 1 aromatic heterocycles. The fraction of sp³-hybridized carbons (Fsp3) is 0.769. The summed E-state index contributed by atoms with van der Waals surface area (Å²) in [6.07, 6.45) is 7.45. The Kier molecular flexibility index (Phi) is 3.34. The molecular formula is C13H21N3S. The van der Waals surface area contributed by atoms with Crippen LogP contribution in [0.4, 0.5) is 5.13 Å². The highest BCUT2D eigenvalue weighted by atomic mass is 32.1. The molecule has 3 nitrogen and oxygen atoms in total. The van der Waals surface area contributed by atoms with Gasteiger partial charge in [0.1, 0.15) is 0 Å². The molecular weight excluding hydrogens is 230 g/mol. The zero-order valence-corrected chi connectivity index (χ0v) is 11.4. The lowest BCUT2D eigenvalue weighted by molar-refractivity contribution is 0.208. The van der Waals surface area contributed by atoms with Gasteiger partial charge in [0.2, 0.25) is 0 Å². The van der Waals surface area contributed by atoms with E-state index in [-0.39, 0.29) is 0 Å². The number of hydrogen-bond donors (Lipinski definition) is 0. The minimum absolute atomic E-state index is 0.842. The van der Waals surface area contributed by atoms with Crippen LogP contribution in [0.2, 0.25) is 0 Å². The summed E-state index contributed by atoms with van der Waals surface area (Å²) < 4.78 is 0. The Labute approximate surface area is 107 Å². The molecule has 0 radical (unpaired) electrons. The molecule has 2 saturated heterocycles. The molecule has 0 spiro atoms. The van der Waals surface area contributed by atoms with E-state index in [1.165, 1.54) is 61.9 Å². The second kappa shape index (κ2) is 4.94. The third-order valence-corrected chi connectivity index (χ3v) is 4.97. The second-order valence-corrected chi connectivity index (χ2v) is 6.43. The van der Waals surface area contributed by atoms with E-state index in [1.54, 1.807) is 0 Å². The van der Waals surface area contributed by atoms with Crippen LogP contribution in [0.3, 0.4) is 0 Å². The first kappa shape index (κ1) is 11.5. The van der Waals surface area contributed by atoms with Crippen LogP contribution in [0.1, 0.15) is 30.6 Å². The molecule has 2 fully saturated rings. The maximum absolute atomic E-state index is 4.49. The summed E-state index contributed by atoms with van der Waals surface area (Å²) in [6.45, 7) is 7.18. The number of thiazole rings is 1. The largest absolute Gasteiger partial charge is 0.348 e. The van der Waals surface area contributed by atoms with Crippen LogP contribution in [0.5, 0.6) is 0 Å². The van der Waals surface area contributed by atoms with Gasteiger partial charge >= 0.3 is 0 Å². The van der Waals surface area contributed by atoms with Crippen molar-refractivity contribution >= 4 is 16.5 Å². The van der Waals surface area contributed by atoms with E-state index in [0.29, 0.717) is 0 Å². The molecule has 0 N–H and O–H groups in total. The summed E-state index contributed by atoms with van der Waals surface area (Å²) in [5, 5.41) is 1.22. The minimum Gasteiger partial charge on any atom is -0.348 e. The van der Waals surface area contributed by atoms with Gasteiger partial charge in [0.05, 0.1) is 0 Å². The van der Waals surface area contributed by atoms with Gasteiger partial charge < -0.3 is 9.80 Å². The lowest BCUT2D eigenvalue weighted by Gasteiger charge is -2.36.